The van der Waals surface area contributed by atoms with Gasteiger partial charge in [-0.3, -0.25) is 24.4 Å². The van der Waals surface area contributed by atoms with E-state index >= 15 is 0 Å². The molecule has 1 aliphatic heterocycles. The SMILES string of the molecule is Cc1ccc(S(=O)(=O)NC(CCC(N)=O)C(=O)N[C@@H]2CCN(c3cc(=O)[nH]c(=O)[nH]3)C2)cc1C. The molecule has 0 radical (unpaired) electrons. The van der Waals surface area contributed by atoms with Gasteiger partial charge in [0.2, 0.25) is 21.8 Å². The molecule has 1 unspecified atom stereocenters. The molecule has 0 aliphatic carbocycles. The maximum atomic E-state index is 13.0. The quantitative estimate of drug-likeness (QED) is 0.296. The van der Waals surface area contributed by atoms with Crippen LogP contribution >= 0.6 is 0 Å². The fraction of sp³-hybridized carbons (Fsp3) is 0.429. The normalized spacial score (nSPS) is 16.9. The van der Waals surface area contributed by atoms with Crippen molar-refractivity contribution in [1.82, 2.24) is 20.0 Å². The minimum Gasteiger partial charge on any atom is -0.370 e. The van der Waals surface area contributed by atoms with Gasteiger partial charge in [0.1, 0.15) is 11.9 Å². The summed E-state index contributed by atoms with van der Waals surface area (Å²) >= 11 is 0. The molecular formula is C21H28N6O6S. The van der Waals surface area contributed by atoms with E-state index in [1.54, 1.807) is 17.9 Å². The van der Waals surface area contributed by atoms with E-state index in [9.17, 15) is 27.6 Å². The molecule has 13 heteroatoms. The predicted molar refractivity (Wildman–Crippen MR) is 125 cm³/mol. The smallest absolute Gasteiger partial charge is 0.327 e. The Bertz CT molecular complexity index is 1270. The average Bonchev–Trinajstić information content (AvgIpc) is 3.20. The van der Waals surface area contributed by atoms with Crippen molar-refractivity contribution in [2.75, 3.05) is 18.0 Å². The molecule has 1 aromatic carbocycles. The molecule has 12 nitrogen and oxygen atoms in total. The first kappa shape index (κ1) is 25.2. The van der Waals surface area contributed by atoms with Crippen molar-refractivity contribution in [2.45, 2.75) is 50.1 Å². The maximum Gasteiger partial charge on any atom is 0.327 e. The molecule has 3 rings (SSSR count). The summed E-state index contributed by atoms with van der Waals surface area (Å²) in [5.41, 5.74) is 5.74. The van der Waals surface area contributed by atoms with Crippen molar-refractivity contribution >= 4 is 27.7 Å². The van der Waals surface area contributed by atoms with Crippen LogP contribution in [0.1, 0.15) is 30.4 Å². The van der Waals surface area contributed by atoms with Gasteiger partial charge in [0.05, 0.1) is 4.90 Å². The first-order valence-corrected chi connectivity index (χ1v) is 12.2. The molecular weight excluding hydrogens is 464 g/mol. The van der Waals surface area contributed by atoms with Gasteiger partial charge in [-0.1, -0.05) is 6.07 Å². The average molecular weight is 493 g/mol. The van der Waals surface area contributed by atoms with Gasteiger partial charge in [0.15, 0.2) is 0 Å². The van der Waals surface area contributed by atoms with Gasteiger partial charge in [-0.25, -0.2) is 13.2 Å². The first-order valence-electron chi connectivity index (χ1n) is 10.7. The van der Waals surface area contributed by atoms with Crippen molar-refractivity contribution in [3.8, 4) is 0 Å². The number of nitrogens with two attached hydrogens (primary N) is 1. The second kappa shape index (κ2) is 10.2. The molecule has 1 aliphatic rings. The number of sulfonamides is 1. The number of hydrogen-bond donors (Lipinski definition) is 5. The van der Waals surface area contributed by atoms with Crippen LogP contribution < -0.4 is 31.9 Å². The standard InChI is InChI=1S/C21H28N6O6S/c1-12-3-4-15(9-13(12)2)34(32,33)26-16(5-6-17(22)28)20(30)23-14-7-8-27(11-14)18-10-19(29)25-21(31)24-18/h3-4,9-10,14,16,26H,5-8,11H2,1-2H3,(H2,22,28)(H,23,30)(H2,24,25,29,31)/t14-,16?/m1/s1. The van der Waals surface area contributed by atoms with Crippen LogP contribution in [-0.2, 0) is 19.6 Å². The lowest BCUT2D eigenvalue weighted by atomic mass is 10.1. The van der Waals surface area contributed by atoms with Crippen LogP contribution in [0.15, 0.2) is 38.8 Å². The summed E-state index contributed by atoms with van der Waals surface area (Å²) < 4.78 is 28.2. The second-order valence-electron chi connectivity index (χ2n) is 8.34. The Balaban J connectivity index is 1.72. The Labute approximate surface area is 196 Å². The number of amides is 2. The highest BCUT2D eigenvalue weighted by atomic mass is 32.2. The lowest BCUT2D eigenvalue weighted by Gasteiger charge is -2.22. The summed E-state index contributed by atoms with van der Waals surface area (Å²) in [6, 6.07) is 4.31. The molecule has 2 aromatic rings. The minimum atomic E-state index is -4.04. The third-order valence-corrected chi connectivity index (χ3v) is 7.17. The Hall–Kier alpha value is -3.45. The number of H-pyrrole nitrogens is 2. The highest BCUT2D eigenvalue weighted by Gasteiger charge is 2.30. The largest absolute Gasteiger partial charge is 0.370 e. The van der Waals surface area contributed by atoms with E-state index in [1.165, 1.54) is 18.2 Å². The molecule has 0 bridgehead atoms. The second-order valence-corrected chi connectivity index (χ2v) is 10.1. The van der Waals surface area contributed by atoms with Crippen LogP contribution in [0.3, 0.4) is 0 Å². The van der Waals surface area contributed by atoms with E-state index in [0.29, 0.717) is 25.3 Å². The van der Waals surface area contributed by atoms with Gasteiger partial charge in [-0.2, -0.15) is 4.72 Å². The first-order chi connectivity index (χ1) is 15.9. The fourth-order valence-electron chi connectivity index (χ4n) is 3.69. The molecule has 0 saturated carbocycles. The zero-order valence-electron chi connectivity index (χ0n) is 18.9. The topological polar surface area (TPSA) is 187 Å². The zero-order chi connectivity index (χ0) is 25.0. The number of aromatic nitrogens is 2. The number of hydrogen-bond acceptors (Lipinski definition) is 7. The van der Waals surface area contributed by atoms with Gasteiger partial charge >= 0.3 is 5.69 Å². The van der Waals surface area contributed by atoms with Crippen molar-refractivity contribution < 1.29 is 18.0 Å². The van der Waals surface area contributed by atoms with Crippen molar-refractivity contribution in [2.24, 2.45) is 5.73 Å². The highest BCUT2D eigenvalue weighted by molar-refractivity contribution is 7.89. The van der Waals surface area contributed by atoms with E-state index in [1.807, 2.05) is 6.92 Å². The molecule has 6 N–H and O–H groups in total. The summed E-state index contributed by atoms with van der Waals surface area (Å²) in [5, 5.41) is 2.79. The van der Waals surface area contributed by atoms with Gasteiger partial charge in [0, 0.05) is 31.6 Å². The molecule has 2 heterocycles. The summed E-state index contributed by atoms with van der Waals surface area (Å²) in [4.78, 5) is 53.7. The van der Waals surface area contributed by atoms with E-state index in [2.05, 4.69) is 20.0 Å². The van der Waals surface area contributed by atoms with Crippen LogP contribution in [0, 0.1) is 13.8 Å². The predicted octanol–water partition coefficient (Wildman–Crippen LogP) is -1.01. The van der Waals surface area contributed by atoms with Gasteiger partial charge in [-0.05, 0) is 49.9 Å². The summed E-state index contributed by atoms with van der Waals surface area (Å²) in [6.45, 7) is 4.40. The van der Waals surface area contributed by atoms with Crippen molar-refractivity contribution in [1.29, 1.82) is 0 Å². The number of benzene rings is 1. The van der Waals surface area contributed by atoms with E-state index < -0.39 is 39.1 Å². The molecule has 1 aromatic heterocycles. The zero-order valence-corrected chi connectivity index (χ0v) is 19.7. The van der Waals surface area contributed by atoms with Gasteiger partial charge in [-0.15, -0.1) is 0 Å². The molecule has 0 spiro atoms. The van der Waals surface area contributed by atoms with Gasteiger partial charge < -0.3 is 16.0 Å². The number of aromatic amines is 2. The summed E-state index contributed by atoms with van der Waals surface area (Å²) in [7, 11) is -4.04. The minimum absolute atomic E-state index is 0.0118. The molecule has 2 atom stereocenters. The number of carbonyl (C=O) groups is 2. The van der Waals surface area contributed by atoms with Crippen LogP contribution in [0.25, 0.3) is 0 Å². The molecule has 34 heavy (non-hydrogen) atoms. The van der Waals surface area contributed by atoms with Gasteiger partial charge in [0.25, 0.3) is 5.56 Å². The van der Waals surface area contributed by atoms with Crippen LogP contribution in [0.5, 0.6) is 0 Å². The number of primary amides is 1. The number of nitrogens with zero attached hydrogens (tertiary/aromatic N) is 1. The maximum absolute atomic E-state index is 13.0. The Morgan fingerprint density at radius 2 is 1.91 bits per heavy atom. The highest BCUT2D eigenvalue weighted by Crippen LogP contribution is 2.18. The molecule has 1 saturated heterocycles. The molecule has 184 valence electrons. The van der Waals surface area contributed by atoms with Crippen LogP contribution in [0.4, 0.5) is 5.82 Å². The number of rotatable bonds is 9. The third kappa shape index (κ3) is 6.32. The Morgan fingerprint density at radius 1 is 1.18 bits per heavy atom. The molecule has 2 amide bonds. The monoisotopic (exact) mass is 492 g/mol. The van der Waals surface area contributed by atoms with E-state index in [0.717, 1.165) is 11.1 Å². The summed E-state index contributed by atoms with van der Waals surface area (Å²) in [5.74, 6) is -0.931. The number of aryl methyl sites for hydroxylation is 2. The Morgan fingerprint density at radius 3 is 2.56 bits per heavy atom. The number of carbonyl (C=O) groups excluding carboxylic acids is 2. The Kier molecular flexibility index (Phi) is 7.57. The number of nitrogens with one attached hydrogen (secondary N) is 4. The fourth-order valence-corrected chi connectivity index (χ4v) is 5.01. The van der Waals surface area contributed by atoms with Crippen molar-refractivity contribution in [3.05, 3.63) is 56.2 Å². The van der Waals surface area contributed by atoms with E-state index in [4.69, 9.17) is 5.73 Å². The summed E-state index contributed by atoms with van der Waals surface area (Å²) in [6.07, 6.45) is 0.217. The third-order valence-electron chi connectivity index (χ3n) is 5.70. The van der Waals surface area contributed by atoms with E-state index in [-0.39, 0.29) is 23.8 Å². The molecule has 1 fully saturated rings. The lowest BCUT2D eigenvalue weighted by molar-refractivity contribution is -0.123. The van der Waals surface area contributed by atoms with Crippen LogP contribution in [-0.4, -0.2) is 55.4 Å². The number of anilines is 1. The van der Waals surface area contributed by atoms with Crippen molar-refractivity contribution in [3.63, 3.8) is 0 Å². The van der Waals surface area contributed by atoms with Crippen LogP contribution in [0.2, 0.25) is 0 Å². The lowest BCUT2D eigenvalue weighted by Crippen LogP contribution is -2.50.